The Hall–Kier alpha value is -2.04. The van der Waals surface area contributed by atoms with E-state index < -0.39 is 5.41 Å². The molecule has 0 radical (unpaired) electrons. The van der Waals surface area contributed by atoms with Crippen molar-refractivity contribution >= 4 is 11.9 Å². The van der Waals surface area contributed by atoms with Gasteiger partial charge in [0.15, 0.2) is 5.96 Å². The van der Waals surface area contributed by atoms with E-state index in [0.29, 0.717) is 19.6 Å². The van der Waals surface area contributed by atoms with Crippen molar-refractivity contribution in [3.05, 3.63) is 35.4 Å². The maximum atomic E-state index is 12.0. The molecule has 1 amide bonds. The van der Waals surface area contributed by atoms with Crippen LogP contribution in [0.3, 0.4) is 0 Å². The quantitative estimate of drug-likeness (QED) is 0.533. The molecule has 0 saturated carbocycles. The minimum absolute atomic E-state index is 0.0434. The molecule has 0 spiro atoms. The third kappa shape index (κ3) is 6.72. The number of rotatable bonds is 7. The predicted octanol–water partition coefficient (Wildman–Crippen LogP) is 2.21. The van der Waals surface area contributed by atoms with Gasteiger partial charge in [0.1, 0.15) is 0 Å². The molecule has 0 saturated heterocycles. The number of carbonyl (C=O) groups is 1. The van der Waals surface area contributed by atoms with E-state index in [0.717, 1.165) is 18.1 Å². The SMILES string of the molecule is CCNC(=O)C(C)(C)CNC(=NCc1ccc(C)cc1)NCC. The monoisotopic (exact) mass is 318 g/mol. The number of benzene rings is 1. The molecule has 1 aromatic carbocycles. The fraction of sp³-hybridized carbons (Fsp3) is 0.556. The Morgan fingerprint density at radius 2 is 1.65 bits per heavy atom. The molecule has 1 rings (SSSR count). The van der Waals surface area contributed by atoms with Crippen LogP contribution in [0.2, 0.25) is 0 Å². The zero-order valence-electron chi connectivity index (χ0n) is 15.0. The summed E-state index contributed by atoms with van der Waals surface area (Å²) in [6, 6.07) is 8.34. The molecule has 0 aliphatic heterocycles. The number of amides is 1. The van der Waals surface area contributed by atoms with Crippen LogP contribution >= 0.6 is 0 Å². The lowest BCUT2D eigenvalue weighted by Gasteiger charge is -2.24. The predicted molar refractivity (Wildman–Crippen MR) is 96.5 cm³/mol. The van der Waals surface area contributed by atoms with Crippen molar-refractivity contribution in [2.45, 2.75) is 41.2 Å². The second kappa shape index (κ2) is 9.18. The van der Waals surface area contributed by atoms with Gasteiger partial charge >= 0.3 is 0 Å². The van der Waals surface area contributed by atoms with Crippen LogP contribution in [-0.2, 0) is 11.3 Å². The first-order valence-corrected chi connectivity index (χ1v) is 8.25. The largest absolute Gasteiger partial charge is 0.357 e. The number of nitrogens with one attached hydrogen (secondary N) is 3. The first-order valence-electron chi connectivity index (χ1n) is 8.25. The second-order valence-electron chi connectivity index (χ2n) is 6.28. The molecule has 0 fully saturated rings. The molecule has 1 aromatic rings. The van der Waals surface area contributed by atoms with E-state index in [1.165, 1.54) is 5.56 Å². The van der Waals surface area contributed by atoms with Crippen molar-refractivity contribution in [2.24, 2.45) is 10.4 Å². The summed E-state index contributed by atoms with van der Waals surface area (Å²) in [5.74, 6) is 0.771. The highest BCUT2D eigenvalue weighted by Crippen LogP contribution is 2.13. The molecule has 5 heteroatoms. The summed E-state index contributed by atoms with van der Waals surface area (Å²) in [4.78, 5) is 16.6. The van der Waals surface area contributed by atoms with Crippen LogP contribution in [0.5, 0.6) is 0 Å². The van der Waals surface area contributed by atoms with Crippen molar-refractivity contribution in [1.29, 1.82) is 0 Å². The summed E-state index contributed by atoms with van der Waals surface area (Å²) in [6.07, 6.45) is 0. The lowest BCUT2D eigenvalue weighted by atomic mass is 9.92. The van der Waals surface area contributed by atoms with E-state index in [1.807, 2.05) is 27.7 Å². The van der Waals surface area contributed by atoms with Crippen LogP contribution in [0.1, 0.15) is 38.8 Å². The molecule has 0 bridgehead atoms. The smallest absolute Gasteiger partial charge is 0.227 e. The number of nitrogens with zero attached hydrogens (tertiary/aromatic N) is 1. The number of hydrogen-bond acceptors (Lipinski definition) is 2. The number of hydrogen-bond donors (Lipinski definition) is 3. The van der Waals surface area contributed by atoms with Crippen molar-refractivity contribution in [3.8, 4) is 0 Å². The van der Waals surface area contributed by atoms with Crippen molar-refractivity contribution in [1.82, 2.24) is 16.0 Å². The molecule has 3 N–H and O–H groups in total. The molecule has 128 valence electrons. The Kier molecular flexibility index (Phi) is 7.59. The lowest BCUT2D eigenvalue weighted by Crippen LogP contribution is -2.47. The first-order chi connectivity index (χ1) is 10.9. The maximum absolute atomic E-state index is 12.0. The summed E-state index contributed by atoms with van der Waals surface area (Å²) in [6.45, 7) is 12.4. The summed E-state index contributed by atoms with van der Waals surface area (Å²) < 4.78 is 0. The number of aliphatic imine (C=N–C) groups is 1. The van der Waals surface area contributed by atoms with Crippen molar-refractivity contribution < 1.29 is 4.79 Å². The van der Waals surface area contributed by atoms with Crippen LogP contribution in [0.4, 0.5) is 0 Å². The second-order valence-corrected chi connectivity index (χ2v) is 6.28. The van der Waals surface area contributed by atoms with Crippen LogP contribution in [0, 0.1) is 12.3 Å². The fourth-order valence-electron chi connectivity index (χ4n) is 1.99. The number of guanidine groups is 1. The maximum Gasteiger partial charge on any atom is 0.227 e. The zero-order valence-corrected chi connectivity index (χ0v) is 15.0. The average Bonchev–Trinajstić information content (AvgIpc) is 2.52. The Morgan fingerprint density at radius 3 is 2.22 bits per heavy atom. The molecule has 0 unspecified atom stereocenters. The Bertz CT molecular complexity index is 520. The van der Waals surface area contributed by atoms with Crippen molar-refractivity contribution in [2.75, 3.05) is 19.6 Å². The van der Waals surface area contributed by atoms with Gasteiger partial charge in [0, 0.05) is 19.6 Å². The topological polar surface area (TPSA) is 65.5 Å². The highest BCUT2D eigenvalue weighted by Gasteiger charge is 2.27. The molecule has 0 aliphatic rings. The molecule has 0 heterocycles. The molecular formula is C18H30N4O. The van der Waals surface area contributed by atoms with E-state index in [1.54, 1.807) is 0 Å². The Labute approximate surface area is 140 Å². The van der Waals surface area contributed by atoms with Gasteiger partial charge in [-0.25, -0.2) is 4.99 Å². The number of carbonyl (C=O) groups excluding carboxylic acids is 1. The standard InChI is InChI=1S/C18H30N4O/c1-6-19-16(23)18(4,5)13-22-17(20-7-2)21-12-15-10-8-14(3)9-11-15/h8-11H,6-7,12-13H2,1-5H3,(H,19,23)(H2,20,21,22). The highest BCUT2D eigenvalue weighted by atomic mass is 16.2. The van der Waals surface area contributed by atoms with E-state index in [2.05, 4.69) is 52.1 Å². The first kappa shape index (κ1) is 19.0. The summed E-state index contributed by atoms with van der Waals surface area (Å²) >= 11 is 0. The van der Waals surface area contributed by atoms with Gasteiger partial charge in [0.05, 0.1) is 12.0 Å². The van der Waals surface area contributed by atoms with E-state index in [4.69, 9.17) is 0 Å². The number of aryl methyl sites for hydroxylation is 1. The van der Waals surface area contributed by atoms with Gasteiger partial charge in [-0.05, 0) is 40.2 Å². The Balaban J connectivity index is 2.65. The summed E-state index contributed by atoms with van der Waals surface area (Å²) in [5.41, 5.74) is 1.91. The van der Waals surface area contributed by atoms with Gasteiger partial charge in [0.2, 0.25) is 5.91 Å². The van der Waals surface area contributed by atoms with Gasteiger partial charge in [-0.15, -0.1) is 0 Å². The van der Waals surface area contributed by atoms with E-state index >= 15 is 0 Å². The van der Waals surface area contributed by atoms with Crippen LogP contribution in [0.25, 0.3) is 0 Å². The van der Waals surface area contributed by atoms with Gasteiger partial charge in [-0.1, -0.05) is 29.8 Å². The summed E-state index contributed by atoms with van der Waals surface area (Å²) in [5, 5.41) is 9.34. The van der Waals surface area contributed by atoms with E-state index in [-0.39, 0.29) is 5.91 Å². The summed E-state index contributed by atoms with van der Waals surface area (Å²) in [7, 11) is 0. The van der Waals surface area contributed by atoms with Gasteiger partial charge in [-0.3, -0.25) is 4.79 Å². The van der Waals surface area contributed by atoms with Crippen LogP contribution < -0.4 is 16.0 Å². The molecule has 5 nitrogen and oxygen atoms in total. The van der Waals surface area contributed by atoms with Crippen LogP contribution in [-0.4, -0.2) is 31.5 Å². The van der Waals surface area contributed by atoms with E-state index in [9.17, 15) is 4.79 Å². The highest BCUT2D eigenvalue weighted by molar-refractivity contribution is 5.84. The Morgan fingerprint density at radius 1 is 1.04 bits per heavy atom. The molecule has 0 aromatic heterocycles. The van der Waals surface area contributed by atoms with Crippen LogP contribution in [0.15, 0.2) is 29.3 Å². The fourth-order valence-corrected chi connectivity index (χ4v) is 1.99. The van der Waals surface area contributed by atoms with Crippen molar-refractivity contribution in [3.63, 3.8) is 0 Å². The average molecular weight is 318 g/mol. The van der Waals surface area contributed by atoms with Gasteiger partial charge in [0.25, 0.3) is 0 Å². The normalized spacial score (nSPS) is 12.0. The van der Waals surface area contributed by atoms with Gasteiger partial charge in [-0.2, -0.15) is 0 Å². The van der Waals surface area contributed by atoms with Gasteiger partial charge < -0.3 is 16.0 Å². The zero-order chi connectivity index (χ0) is 17.3. The third-order valence-electron chi connectivity index (χ3n) is 3.53. The molecule has 23 heavy (non-hydrogen) atoms. The molecule has 0 atom stereocenters. The lowest BCUT2D eigenvalue weighted by molar-refractivity contribution is -0.128. The molecular weight excluding hydrogens is 288 g/mol. The molecule has 0 aliphatic carbocycles. The third-order valence-corrected chi connectivity index (χ3v) is 3.53. The minimum atomic E-state index is -0.490. The minimum Gasteiger partial charge on any atom is -0.357 e.